The highest BCUT2D eigenvalue weighted by Gasteiger charge is 2.46. The molecule has 18 heavy (non-hydrogen) atoms. The Hall–Kier alpha value is -0.820. The van der Waals surface area contributed by atoms with Crippen LogP contribution in [0, 0.1) is 5.41 Å². The summed E-state index contributed by atoms with van der Waals surface area (Å²) in [7, 11) is 1.81. The van der Waals surface area contributed by atoms with Gasteiger partial charge in [0.25, 0.3) is 0 Å². The zero-order valence-electron chi connectivity index (χ0n) is 12.0. The van der Waals surface area contributed by atoms with Crippen LogP contribution in [0.2, 0.25) is 0 Å². The molecule has 0 saturated heterocycles. The molecule has 0 amide bonds. The lowest BCUT2D eigenvalue weighted by Gasteiger charge is -2.45. The molecule has 1 heteroatoms. The minimum absolute atomic E-state index is 0.237. The normalized spacial score (nSPS) is 21.7. The third-order valence-corrected chi connectivity index (χ3v) is 5.26. The minimum Gasteiger partial charge on any atom is -0.385 e. The Bertz CT molecular complexity index is 364. The molecule has 1 atom stereocenters. The van der Waals surface area contributed by atoms with Gasteiger partial charge in [-0.1, -0.05) is 57.0 Å². The highest BCUT2D eigenvalue weighted by atomic mass is 16.5. The van der Waals surface area contributed by atoms with Crippen LogP contribution in [0.1, 0.15) is 51.5 Å². The van der Waals surface area contributed by atoms with E-state index in [9.17, 15) is 0 Å². The number of hydrogen-bond acceptors (Lipinski definition) is 1. The van der Waals surface area contributed by atoms with E-state index < -0.39 is 0 Å². The molecule has 0 aliphatic heterocycles. The predicted octanol–water partition coefficient (Wildman–Crippen LogP) is 4.56. The molecule has 0 radical (unpaired) electrons. The summed E-state index contributed by atoms with van der Waals surface area (Å²) >= 11 is 0. The van der Waals surface area contributed by atoms with Gasteiger partial charge in [-0.15, -0.1) is 0 Å². The summed E-state index contributed by atoms with van der Waals surface area (Å²) in [5.74, 6) is 0. The predicted molar refractivity (Wildman–Crippen MR) is 76.9 cm³/mol. The lowest BCUT2D eigenvalue weighted by atomic mass is 9.59. The minimum atomic E-state index is 0.237. The van der Waals surface area contributed by atoms with Crippen LogP contribution >= 0.6 is 0 Å². The Morgan fingerprint density at radius 1 is 1.17 bits per heavy atom. The molecule has 0 spiro atoms. The second kappa shape index (κ2) is 5.44. The van der Waals surface area contributed by atoms with Gasteiger partial charge < -0.3 is 4.74 Å². The first-order chi connectivity index (χ1) is 8.62. The first kappa shape index (κ1) is 13.6. The van der Waals surface area contributed by atoms with E-state index in [2.05, 4.69) is 44.2 Å². The van der Waals surface area contributed by atoms with Crippen LogP contribution in [0.25, 0.3) is 0 Å². The maximum atomic E-state index is 5.36. The van der Waals surface area contributed by atoms with Gasteiger partial charge in [-0.2, -0.15) is 0 Å². The van der Waals surface area contributed by atoms with Crippen molar-refractivity contribution in [3.05, 3.63) is 35.9 Å². The third-order valence-electron chi connectivity index (χ3n) is 5.26. The molecule has 1 aromatic rings. The summed E-state index contributed by atoms with van der Waals surface area (Å²) in [5.41, 5.74) is 2.14. The Morgan fingerprint density at radius 3 is 2.33 bits per heavy atom. The molecule has 1 nitrogen and oxygen atoms in total. The zero-order chi connectivity index (χ0) is 13.1. The van der Waals surface area contributed by atoms with Gasteiger partial charge in [0.1, 0.15) is 0 Å². The number of rotatable bonds is 5. The molecule has 0 bridgehead atoms. The van der Waals surface area contributed by atoms with E-state index in [-0.39, 0.29) is 5.41 Å². The van der Waals surface area contributed by atoms with Gasteiger partial charge in [-0.3, -0.25) is 0 Å². The van der Waals surface area contributed by atoms with Crippen LogP contribution in [0.15, 0.2) is 30.3 Å². The molecule has 0 unspecified atom stereocenters. The zero-order valence-corrected chi connectivity index (χ0v) is 12.0. The van der Waals surface area contributed by atoms with Crippen LogP contribution < -0.4 is 0 Å². The van der Waals surface area contributed by atoms with E-state index in [0.29, 0.717) is 5.41 Å². The van der Waals surface area contributed by atoms with Gasteiger partial charge >= 0.3 is 0 Å². The number of ether oxygens (including phenoxy) is 1. The van der Waals surface area contributed by atoms with Crippen molar-refractivity contribution in [1.29, 1.82) is 0 Å². The van der Waals surface area contributed by atoms with Crippen LogP contribution in [0.4, 0.5) is 0 Å². The standard InChI is InChI=1S/C17H26O/c1-16(11-7-8-12-16)17(2,13-14-18-3)15-9-5-4-6-10-15/h4-6,9-10H,7-8,11-14H2,1-3H3/t17-/m1/s1. The smallest absolute Gasteiger partial charge is 0.0470 e. The molecule has 0 heterocycles. The van der Waals surface area contributed by atoms with E-state index >= 15 is 0 Å². The number of hydrogen-bond donors (Lipinski definition) is 0. The summed E-state index contributed by atoms with van der Waals surface area (Å²) in [4.78, 5) is 0. The van der Waals surface area contributed by atoms with Crippen molar-refractivity contribution in [2.24, 2.45) is 5.41 Å². The molecular weight excluding hydrogens is 220 g/mol. The summed E-state index contributed by atoms with van der Waals surface area (Å²) in [6, 6.07) is 11.0. The topological polar surface area (TPSA) is 9.23 Å². The van der Waals surface area contributed by atoms with Crippen molar-refractivity contribution in [3.63, 3.8) is 0 Å². The Morgan fingerprint density at radius 2 is 1.78 bits per heavy atom. The van der Waals surface area contributed by atoms with Crippen molar-refractivity contribution in [1.82, 2.24) is 0 Å². The second-order valence-electron chi connectivity index (χ2n) is 6.21. The SMILES string of the molecule is COCC[C@](C)(c1ccccc1)C1(C)CCCC1. The molecule has 0 aromatic heterocycles. The molecule has 1 saturated carbocycles. The lowest BCUT2D eigenvalue weighted by molar-refractivity contribution is 0.0979. The largest absolute Gasteiger partial charge is 0.385 e. The average molecular weight is 246 g/mol. The van der Waals surface area contributed by atoms with Gasteiger partial charge in [-0.25, -0.2) is 0 Å². The van der Waals surface area contributed by atoms with Crippen molar-refractivity contribution >= 4 is 0 Å². The van der Waals surface area contributed by atoms with E-state index in [4.69, 9.17) is 4.74 Å². The fraction of sp³-hybridized carbons (Fsp3) is 0.647. The van der Waals surface area contributed by atoms with Crippen molar-refractivity contribution in [2.75, 3.05) is 13.7 Å². The fourth-order valence-corrected chi connectivity index (χ4v) is 3.61. The molecule has 0 N–H and O–H groups in total. The monoisotopic (exact) mass is 246 g/mol. The Kier molecular flexibility index (Phi) is 4.11. The van der Waals surface area contributed by atoms with Crippen LogP contribution in [-0.4, -0.2) is 13.7 Å². The van der Waals surface area contributed by atoms with Crippen molar-refractivity contribution in [2.45, 2.75) is 51.4 Å². The summed E-state index contributed by atoms with van der Waals surface area (Å²) in [6.45, 7) is 5.76. The molecule has 1 aromatic carbocycles. The third kappa shape index (κ3) is 2.33. The summed E-state index contributed by atoms with van der Waals surface area (Å²) in [5, 5.41) is 0. The van der Waals surface area contributed by atoms with E-state index in [1.807, 2.05) is 7.11 Å². The van der Waals surface area contributed by atoms with Crippen LogP contribution in [0.3, 0.4) is 0 Å². The Balaban J connectivity index is 2.34. The van der Waals surface area contributed by atoms with Crippen molar-refractivity contribution < 1.29 is 4.74 Å². The Labute approximate surface area is 112 Å². The summed E-state index contributed by atoms with van der Waals surface area (Å²) < 4.78 is 5.36. The number of benzene rings is 1. The second-order valence-corrected chi connectivity index (χ2v) is 6.21. The van der Waals surface area contributed by atoms with Crippen LogP contribution in [-0.2, 0) is 10.2 Å². The molecule has 100 valence electrons. The van der Waals surface area contributed by atoms with Gasteiger partial charge in [0.15, 0.2) is 0 Å². The highest BCUT2D eigenvalue weighted by molar-refractivity contribution is 5.28. The molecule has 2 rings (SSSR count). The van der Waals surface area contributed by atoms with Gasteiger partial charge in [-0.05, 0) is 30.2 Å². The van der Waals surface area contributed by atoms with Crippen LogP contribution in [0.5, 0.6) is 0 Å². The summed E-state index contributed by atoms with van der Waals surface area (Å²) in [6.07, 6.45) is 6.58. The van der Waals surface area contributed by atoms with Gasteiger partial charge in [0.05, 0.1) is 0 Å². The van der Waals surface area contributed by atoms with E-state index in [0.717, 1.165) is 13.0 Å². The first-order valence-corrected chi connectivity index (χ1v) is 7.17. The molecular formula is C17H26O. The average Bonchev–Trinajstić information content (AvgIpc) is 2.85. The number of methoxy groups -OCH3 is 1. The van der Waals surface area contributed by atoms with Gasteiger partial charge in [0.2, 0.25) is 0 Å². The quantitative estimate of drug-likeness (QED) is 0.740. The molecule has 1 aliphatic carbocycles. The maximum Gasteiger partial charge on any atom is 0.0470 e. The van der Waals surface area contributed by atoms with E-state index in [1.54, 1.807) is 0 Å². The van der Waals surface area contributed by atoms with Crippen molar-refractivity contribution in [3.8, 4) is 0 Å². The molecule has 1 aliphatic rings. The first-order valence-electron chi connectivity index (χ1n) is 7.17. The van der Waals surface area contributed by atoms with Gasteiger partial charge in [0, 0.05) is 19.1 Å². The highest BCUT2D eigenvalue weighted by Crippen LogP contribution is 2.54. The lowest BCUT2D eigenvalue weighted by Crippen LogP contribution is -2.40. The fourth-order valence-electron chi connectivity index (χ4n) is 3.61. The molecule has 1 fully saturated rings. The maximum absolute atomic E-state index is 5.36. The van der Waals surface area contributed by atoms with E-state index in [1.165, 1.54) is 31.2 Å².